The molecule has 0 atom stereocenters. The van der Waals surface area contributed by atoms with E-state index in [-0.39, 0.29) is 11.3 Å². The van der Waals surface area contributed by atoms with Gasteiger partial charge in [0.05, 0.1) is 10.1 Å². The lowest BCUT2D eigenvalue weighted by atomic mass is 9.95. The molecule has 2 aromatic heterocycles. The topological polar surface area (TPSA) is 125 Å². The maximum absolute atomic E-state index is 13.3. The number of hydrogen-bond donors (Lipinski definition) is 3. The normalized spacial score (nSPS) is 18.3. The van der Waals surface area contributed by atoms with Crippen molar-refractivity contribution >= 4 is 32.4 Å². The van der Waals surface area contributed by atoms with Crippen LogP contribution in [0.4, 0.5) is 11.6 Å². The number of anilines is 2. The average molecular weight is 486 g/mol. The van der Waals surface area contributed by atoms with E-state index in [2.05, 4.69) is 21.4 Å². The summed E-state index contributed by atoms with van der Waals surface area (Å²) >= 11 is 0. The van der Waals surface area contributed by atoms with Crippen molar-refractivity contribution in [2.75, 3.05) is 11.1 Å². The molecule has 35 heavy (non-hydrogen) atoms. The van der Waals surface area contributed by atoms with Gasteiger partial charge in [-0.15, -0.1) is 0 Å². The molecule has 0 spiro atoms. The van der Waals surface area contributed by atoms with Crippen LogP contribution >= 0.6 is 0 Å². The highest BCUT2D eigenvalue weighted by Crippen LogP contribution is 2.33. The van der Waals surface area contributed by atoms with Crippen LogP contribution in [0.1, 0.15) is 36.8 Å². The number of sulfone groups is 1. The minimum atomic E-state index is -3.41. The van der Waals surface area contributed by atoms with E-state index in [1.54, 1.807) is 12.1 Å². The number of nitrogens with zero attached hydrogens (tertiary/aromatic N) is 2. The van der Waals surface area contributed by atoms with Crippen molar-refractivity contribution in [3.05, 3.63) is 71.9 Å². The lowest BCUT2D eigenvalue weighted by Crippen LogP contribution is -2.33. The summed E-state index contributed by atoms with van der Waals surface area (Å²) in [4.78, 5) is 7.75. The van der Waals surface area contributed by atoms with Crippen molar-refractivity contribution in [2.45, 2.75) is 48.8 Å². The summed E-state index contributed by atoms with van der Waals surface area (Å²) < 4.78 is 26.6. The Morgan fingerprint density at radius 3 is 2.40 bits per heavy atom. The number of aromatic nitrogens is 2. The minimum absolute atomic E-state index is 0.231. The maximum Gasteiger partial charge on any atom is 0.181 e. The predicted octanol–water partition coefficient (Wildman–Crippen LogP) is 5.19. The number of aryl methyl sites for hydroxylation is 1. The van der Waals surface area contributed by atoms with Gasteiger partial charge in [0.2, 0.25) is 0 Å². The molecule has 5 rings (SSSR count). The van der Waals surface area contributed by atoms with Gasteiger partial charge in [0.15, 0.2) is 9.84 Å². The zero-order chi connectivity index (χ0) is 24.6. The van der Waals surface area contributed by atoms with Crippen molar-refractivity contribution in [3.63, 3.8) is 0 Å². The highest BCUT2D eigenvalue weighted by atomic mass is 32.2. The fourth-order valence-electron chi connectivity index (χ4n) is 4.82. The van der Waals surface area contributed by atoms with Crippen molar-refractivity contribution in [2.24, 2.45) is 0 Å². The second kappa shape index (κ2) is 9.08. The molecule has 7 nitrogen and oxygen atoms in total. The van der Waals surface area contributed by atoms with E-state index in [0.717, 1.165) is 46.3 Å². The first-order valence-electron chi connectivity index (χ1n) is 11.7. The lowest BCUT2D eigenvalue weighted by molar-refractivity contribution is 0.451. The fraction of sp³-hybridized carbons (Fsp3) is 0.259. The Bertz CT molecular complexity index is 1510. The van der Waals surface area contributed by atoms with Gasteiger partial charge in [0.1, 0.15) is 23.3 Å². The van der Waals surface area contributed by atoms with E-state index >= 15 is 0 Å². The molecular weight excluding hydrogens is 458 g/mol. The van der Waals surface area contributed by atoms with Crippen LogP contribution in [0, 0.1) is 18.3 Å². The SMILES string of the molecule is Cc1ccc(NC2CCC(S(=O)(=O)c3ccc(-c4ccc5[nH]c(N)c(C#N)c5c4)cc3)CC2)nc1. The smallest absolute Gasteiger partial charge is 0.181 e. The van der Waals surface area contributed by atoms with Crippen molar-refractivity contribution < 1.29 is 8.42 Å². The summed E-state index contributed by atoms with van der Waals surface area (Å²) in [5.41, 5.74) is 10.00. The number of pyridine rings is 1. The highest BCUT2D eigenvalue weighted by Gasteiger charge is 2.32. The van der Waals surface area contributed by atoms with Crippen molar-refractivity contribution in [1.82, 2.24) is 9.97 Å². The second-order valence-corrected chi connectivity index (χ2v) is 11.4. The van der Waals surface area contributed by atoms with Gasteiger partial charge in [-0.2, -0.15) is 5.26 Å². The van der Waals surface area contributed by atoms with Crippen LogP contribution in [0.3, 0.4) is 0 Å². The Balaban J connectivity index is 1.29. The molecule has 0 saturated heterocycles. The van der Waals surface area contributed by atoms with Gasteiger partial charge >= 0.3 is 0 Å². The molecule has 2 aromatic carbocycles. The van der Waals surface area contributed by atoms with E-state index in [0.29, 0.717) is 29.1 Å². The number of nitriles is 1. The highest BCUT2D eigenvalue weighted by molar-refractivity contribution is 7.92. The Labute approximate surface area is 204 Å². The first-order valence-corrected chi connectivity index (χ1v) is 13.2. The third-order valence-electron chi connectivity index (χ3n) is 6.83. The zero-order valence-corrected chi connectivity index (χ0v) is 20.3. The van der Waals surface area contributed by atoms with Crippen LogP contribution in [0.5, 0.6) is 0 Å². The molecular formula is C27H27N5O2S. The largest absolute Gasteiger partial charge is 0.384 e. The molecule has 178 valence electrons. The van der Waals surface area contributed by atoms with Gasteiger partial charge in [-0.1, -0.05) is 24.3 Å². The summed E-state index contributed by atoms with van der Waals surface area (Å²) in [5, 5.41) is 13.2. The third kappa shape index (κ3) is 4.47. The first-order chi connectivity index (χ1) is 16.8. The number of nitrogen functional groups attached to an aromatic ring is 1. The Morgan fingerprint density at radius 2 is 1.74 bits per heavy atom. The van der Waals surface area contributed by atoms with E-state index in [1.807, 2.05) is 55.6 Å². The monoisotopic (exact) mass is 485 g/mol. The summed E-state index contributed by atoms with van der Waals surface area (Å²) in [6.07, 6.45) is 4.65. The van der Waals surface area contributed by atoms with E-state index in [4.69, 9.17) is 5.73 Å². The molecule has 0 amide bonds. The minimum Gasteiger partial charge on any atom is -0.384 e. The molecule has 0 bridgehead atoms. The summed E-state index contributed by atoms with van der Waals surface area (Å²) in [6.45, 7) is 2.00. The molecule has 8 heteroatoms. The summed E-state index contributed by atoms with van der Waals surface area (Å²) in [6, 6.07) is 19.1. The van der Waals surface area contributed by atoms with Crippen molar-refractivity contribution in [3.8, 4) is 17.2 Å². The number of H-pyrrole nitrogens is 1. The van der Waals surface area contributed by atoms with Gasteiger partial charge < -0.3 is 16.0 Å². The maximum atomic E-state index is 13.3. The number of nitrogens with one attached hydrogen (secondary N) is 2. The third-order valence-corrected chi connectivity index (χ3v) is 9.11. The van der Waals surface area contributed by atoms with Crippen LogP contribution in [0.2, 0.25) is 0 Å². The standard InChI is InChI=1S/C27H27N5O2S/c1-17-2-13-26(30-16-17)31-20-6-10-22(11-7-20)35(33,34)21-8-3-18(4-9-21)19-5-12-25-23(14-19)24(15-28)27(29)32-25/h2-5,8-9,12-14,16,20,22,32H,6-7,10-11,29H2,1H3,(H,30,31). The van der Waals surface area contributed by atoms with Crippen LogP contribution < -0.4 is 11.1 Å². The van der Waals surface area contributed by atoms with Gasteiger partial charge in [0, 0.05) is 23.1 Å². The molecule has 1 fully saturated rings. The van der Waals surface area contributed by atoms with Gasteiger partial charge in [-0.05, 0) is 79.6 Å². The van der Waals surface area contributed by atoms with Gasteiger partial charge in [0.25, 0.3) is 0 Å². The molecule has 1 aliphatic carbocycles. The first kappa shape index (κ1) is 22.9. The molecule has 4 N–H and O–H groups in total. The van der Waals surface area contributed by atoms with Crippen LogP contribution in [-0.4, -0.2) is 29.7 Å². The summed E-state index contributed by atoms with van der Waals surface area (Å²) in [7, 11) is -3.41. The predicted molar refractivity (Wildman–Crippen MR) is 139 cm³/mol. The number of hydrogen-bond acceptors (Lipinski definition) is 6. The van der Waals surface area contributed by atoms with E-state index in [9.17, 15) is 13.7 Å². The van der Waals surface area contributed by atoms with Gasteiger partial charge in [-0.25, -0.2) is 13.4 Å². The van der Waals surface area contributed by atoms with E-state index in [1.165, 1.54) is 0 Å². The number of fused-ring (bicyclic) bond motifs is 1. The number of rotatable bonds is 5. The molecule has 0 radical (unpaired) electrons. The number of nitrogens with two attached hydrogens (primary N) is 1. The molecule has 1 saturated carbocycles. The molecule has 0 aliphatic heterocycles. The molecule has 0 unspecified atom stereocenters. The second-order valence-electron chi connectivity index (χ2n) is 9.19. The summed E-state index contributed by atoms with van der Waals surface area (Å²) in [5.74, 6) is 1.18. The molecule has 1 aliphatic rings. The van der Waals surface area contributed by atoms with Crippen molar-refractivity contribution in [1.29, 1.82) is 5.26 Å². The Hall–Kier alpha value is -3.83. The van der Waals surface area contributed by atoms with Crippen LogP contribution in [0.15, 0.2) is 65.7 Å². The van der Waals surface area contributed by atoms with Crippen LogP contribution in [0.25, 0.3) is 22.0 Å². The molecule has 4 aromatic rings. The quantitative estimate of drug-likeness (QED) is 0.357. The number of aromatic amines is 1. The average Bonchev–Trinajstić information content (AvgIpc) is 3.20. The lowest BCUT2D eigenvalue weighted by Gasteiger charge is -2.29. The zero-order valence-electron chi connectivity index (χ0n) is 19.5. The van der Waals surface area contributed by atoms with E-state index < -0.39 is 9.84 Å². The fourth-order valence-corrected chi connectivity index (χ4v) is 6.62. The molecule has 2 heterocycles. The van der Waals surface area contributed by atoms with Gasteiger partial charge in [-0.3, -0.25) is 0 Å². The Kier molecular flexibility index (Phi) is 5.95. The number of benzene rings is 2. The Morgan fingerprint density at radius 1 is 1.03 bits per heavy atom. The van der Waals surface area contributed by atoms with Crippen LogP contribution in [-0.2, 0) is 9.84 Å².